The molecule has 0 radical (unpaired) electrons. The highest BCUT2D eigenvalue weighted by molar-refractivity contribution is 7.07. The van der Waals surface area contributed by atoms with Crippen LogP contribution in [0.3, 0.4) is 0 Å². The molecule has 0 saturated heterocycles. The number of H-pyrrole nitrogens is 1. The van der Waals surface area contributed by atoms with Gasteiger partial charge in [0.2, 0.25) is 0 Å². The number of halogens is 2. The molecule has 126 valence electrons. The fourth-order valence-corrected chi connectivity index (χ4v) is 3.31. The van der Waals surface area contributed by atoms with Gasteiger partial charge in [-0.2, -0.15) is 0 Å². The van der Waals surface area contributed by atoms with E-state index in [9.17, 15) is 14.7 Å². The summed E-state index contributed by atoms with van der Waals surface area (Å²) in [6.07, 6.45) is 3.01. The van der Waals surface area contributed by atoms with Crippen LogP contribution in [0.4, 0.5) is 0 Å². The van der Waals surface area contributed by atoms with Crippen molar-refractivity contribution in [1.29, 1.82) is 0 Å². The highest BCUT2D eigenvalue weighted by Gasteiger charge is 2.04. The van der Waals surface area contributed by atoms with Gasteiger partial charge in [-0.25, -0.2) is 0 Å². The van der Waals surface area contributed by atoms with Crippen molar-refractivity contribution in [3.05, 3.63) is 83.2 Å². The molecule has 0 atom stereocenters. The Bertz CT molecular complexity index is 1110. The lowest BCUT2D eigenvalue weighted by atomic mass is 10.1. The fraction of sp³-hybridized carbons (Fsp3) is 0. The molecule has 3 aromatic rings. The van der Waals surface area contributed by atoms with Crippen LogP contribution >= 0.6 is 34.5 Å². The van der Waals surface area contributed by atoms with E-state index < -0.39 is 0 Å². The molecule has 3 rings (SSSR count). The number of carbonyl (C=O) groups is 1. The van der Waals surface area contributed by atoms with E-state index in [1.807, 2.05) is 0 Å². The van der Waals surface area contributed by atoms with Gasteiger partial charge in [0.05, 0.1) is 14.2 Å². The molecule has 0 aliphatic rings. The summed E-state index contributed by atoms with van der Waals surface area (Å²) in [5.74, 6) is -0.255. The number of hydrogen-bond acceptors (Lipinski definition) is 4. The van der Waals surface area contributed by atoms with Crippen LogP contribution in [-0.2, 0) is 0 Å². The topological polar surface area (TPSA) is 70.2 Å². The summed E-state index contributed by atoms with van der Waals surface area (Å²) >= 11 is 12.8. The van der Waals surface area contributed by atoms with Gasteiger partial charge in [0.25, 0.3) is 5.56 Å². The number of aromatic hydroxyl groups is 1. The molecule has 0 spiro atoms. The molecule has 7 heteroatoms. The van der Waals surface area contributed by atoms with Crippen LogP contribution in [0.15, 0.2) is 47.3 Å². The predicted octanol–water partition coefficient (Wildman–Crippen LogP) is 2.94. The highest BCUT2D eigenvalue weighted by atomic mass is 35.5. The summed E-state index contributed by atoms with van der Waals surface area (Å²) < 4.78 is 0.873. The van der Waals surface area contributed by atoms with E-state index in [1.165, 1.54) is 12.1 Å². The second-order valence-corrected chi connectivity index (χ2v) is 7.08. The van der Waals surface area contributed by atoms with Gasteiger partial charge < -0.3 is 10.1 Å². The molecule has 0 aliphatic carbocycles. The van der Waals surface area contributed by atoms with Gasteiger partial charge in [-0.1, -0.05) is 29.3 Å². The predicted molar refractivity (Wildman–Crippen MR) is 101 cm³/mol. The zero-order valence-corrected chi connectivity index (χ0v) is 15.0. The van der Waals surface area contributed by atoms with Gasteiger partial charge in [-0.15, -0.1) is 11.3 Å². The van der Waals surface area contributed by atoms with Crippen molar-refractivity contribution >= 4 is 52.5 Å². The Balaban J connectivity index is 1.98. The molecule has 1 aromatic heterocycles. The van der Waals surface area contributed by atoms with E-state index in [0.717, 1.165) is 11.3 Å². The lowest BCUT2D eigenvalue weighted by molar-refractivity contribution is 0.106. The minimum absolute atomic E-state index is 0.0264. The maximum atomic E-state index is 12.2. The van der Waals surface area contributed by atoms with Gasteiger partial charge in [0, 0.05) is 16.7 Å². The minimum Gasteiger partial charge on any atom is -0.506 e. The van der Waals surface area contributed by atoms with Crippen LogP contribution in [0.25, 0.3) is 12.2 Å². The first-order valence-corrected chi connectivity index (χ1v) is 8.70. The standard InChI is InChI=1S/C18H11Cl2NO3S/c19-12-4-2-11(3-5-12)15(23)9-17-21-18(24)16(25-17)8-10-1-6-14(22)13(20)7-10/h1-9,22H,(H,21,24)/b16-8+,17-9-. The molecular weight excluding hydrogens is 381 g/mol. The van der Waals surface area contributed by atoms with E-state index in [-0.39, 0.29) is 22.1 Å². The summed E-state index contributed by atoms with van der Waals surface area (Å²) in [4.78, 5) is 26.9. The Morgan fingerprint density at radius 2 is 1.84 bits per heavy atom. The third-order valence-electron chi connectivity index (χ3n) is 3.34. The number of aromatic nitrogens is 1. The smallest absolute Gasteiger partial charge is 0.266 e. The molecular formula is C18H11Cl2NO3S. The van der Waals surface area contributed by atoms with Crippen molar-refractivity contribution in [2.24, 2.45) is 0 Å². The molecule has 2 N–H and O–H groups in total. The number of thiazole rings is 1. The lowest BCUT2D eigenvalue weighted by Crippen LogP contribution is -2.20. The maximum Gasteiger partial charge on any atom is 0.266 e. The number of phenols is 1. The number of phenolic OH excluding ortho intramolecular Hbond substituents is 1. The van der Waals surface area contributed by atoms with Crippen molar-refractivity contribution in [2.45, 2.75) is 0 Å². The molecule has 0 fully saturated rings. The third-order valence-corrected chi connectivity index (χ3v) is 4.86. The Morgan fingerprint density at radius 1 is 1.12 bits per heavy atom. The highest BCUT2D eigenvalue weighted by Crippen LogP contribution is 2.23. The van der Waals surface area contributed by atoms with Crippen LogP contribution in [0.2, 0.25) is 10.0 Å². The maximum absolute atomic E-state index is 12.2. The second-order valence-electron chi connectivity index (χ2n) is 5.16. The van der Waals surface area contributed by atoms with Crippen molar-refractivity contribution in [1.82, 2.24) is 4.98 Å². The molecule has 0 aliphatic heterocycles. The van der Waals surface area contributed by atoms with Gasteiger partial charge in [0.15, 0.2) is 5.78 Å². The number of benzene rings is 2. The van der Waals surface area contributed by atoms with Crippen molar-refractivity contribution in [2.75, 3.05) is 0 Å². The normalized spacial score (nSPS) is 12.6. The first kappa shape index (κ1) is 17.5. The molecule has 4 nitrogen and oxygen atoms in total. The van der Waals surface area contributed by atoms with Crippen molar-refractivity contribution in [3.63, 3.8) is 0 Å². The number of Topliss-reactive ketones (excluding diaryl/α,β-unsaturated/α-hetero) is 1. The SMILES string of the molecule is O=C(/C=c1/[nH]c(=O)/c(=C\c2ccc(O)c(Cl)c2)s1)c1ccc(Cl)cc1. The van der Waals surface area contributed by atoms with E-state index in [1.54, 1.807) is 42.5 Å². The summed E-state index contributed by atoms with van der Waals surface area (Å²) in [5.41, 5.74) is 0.851. The van der Waals surface area contributed by atoms with Crippen LogP contribution in [0.5, 0.6) is 5.75 Å². The Labute approximate surface area is 156 Å². The zero-order chi connectivity index (χ0) is 18.0. The third kappa shape index (κ3) is 4.20. The summed E-state index contributed by atoms with van der Waals surface area (Å²) in [6, 6.07) is 11.2. The monoisotopic (exact) mass is 391 g/mol. The molecule has 2 aromatic carbocycles. The first-order chi connectivity index (χ1) is 11.9. The number of nitrogens with one attached hydrogen (secondary N) is 1. The lowest BCUT2D eigenvalue weighted by Gasteiger charge is -1.96. The summed E-state index contributed by atoms with van der Waals surface area (Å²) in [5, 5.41) is 10.2. The van der Waals surface area contributed by atoms with Crippen LogP contribution in [-0.4, -0.2) is 15.9 Å². The molecule has 0 unspecified atom stereocenters. The Morgan fingerprint density at radius 3 is 2.52 bits per heavy atom. The van der Waals surface area contributed by atoms with Gasteiger partial charge >= 0.3 is 0 Å². The van der Waals surface area contributed by atoms with Crippen LogP contribution in [0, 0.1) is 0 Å². The quantitative estimate of drug-likeness (QED) is 0.674. The largest absolute Gasteiger partial charge is 0.506 e. The summed E-state index contributed by atoms with van der Waals surface area (Å²) in [6.45, 7) is 0. The molecule has 0 bridgehead atoms. The number of rotatable bonds is 3. The zero-order valence-electron chi connectivity index (χ0n) is 12.6. The van der Waals surface area contributed by atoms with Crippen LogP contribution in [0.1, 0.15) is 15.9 Å². The molecule has 25 heavy (non-hydrogen) atoms. The molecule has 1 heterocycles. The summed E-state index contributed by atoms with van der Waals surface area (Å²) in [7, 11) is 0. The Hall–Kier alpha value is -2.34. The van der Waals surface area contributed by atoms with Gasteiger partial charge in [0.1, 0.15) is 5.75 Å². The minimum atomic E-state index is -0.302. The van der Waals surface area contributed by atoms with E-state index in [0.29, 0.717) is 25.3 Å². The van der Waals surface area contributed by atoms with Crippen molar-refractivity contribution in [3.8, 4) is 5.75 Å². The second kappa shape index (κ2) is 7.27. The van der Waals surface area contributed by atoms with E-state index >= 15 is 0 Å². The van der Waals surface area contributed by atoms with E-state index in [4.69, 9.17) is 23.2 Å². The average molecular weight is 392 g/mol. The van der Waals surface area contributed by atoms with E-state index in [2.05, 4.69) is 4.98 Å². The van der Waals surface area contributed by atoms with Crippen molar-refractivity contribution < 1.29 is 9.90 Å². The number of carbonyl (C=O) groups excluding carboxylic acids is 1. The number of aromatic amines is 1. The first-order valence-electron chi connectivity index (χ1n) is 7.13. The molecule has 0 amide bonds. The number of ketones is 1. The average Bonchev–Trinajstić information content (AvgIpc) is 2.91. The van der Waals surface area contributed by atoms with Crippen LogP contribution < -0.4 is 14.8 Å². The number of hydrogen-bond donors (Lipinski definition) is 2. The Kier molecular flexibility index (Phi) is 5.08. The van der Waals surface area contributed by atoms with Gasteiger partial charge in [-0.05, 0) is 48.0 Å². The molecule has 0 saturated carbocycles. The van der Waals surface area contributed by atoms with Gasteiger partial charge in [-0.3, -0.25) is 9.59 Å². The fourth-order valence-electron chi connectivity index (χ4n) is 2.11.